The summed E-state index contributed by atoms with van der Waals surface area (Å²) >= 11 is 0. The van der Waals surface area contributed by atoms with Gasteiger partial charge >= 0.3 is 5.97 Å². The summed E-state index contributed by atoms with van der Waals surface area (Å²) in [4.78, 5) is 29.9. The van der Waals surface area contributed by atoms with E-state index in [9.17, 15) is 14.7 Å². The Morgan fingerprint density at radius 1 is 1.29 bits per heavy atom. The van der Waals surface area contributed by atoms with Gasteiger partial charge in [0.1, 0.15) is 18.0 Å². The van der Waals surface area contributed by atoms with Crippen LogP contribution in [0, 0.1) is 6.92 Å². The number of hydrogen-bond donors (Lipinski definition) is 2. The minimum atomic E-state index is -0.918. The van der Waals surface area contributed by atoms with E-state index in [1.54, 1.807) is 18.5 Å². The zero-order valence-electron chi connectivity index (χ0n) is 22.2. The zero-order chi connectivity index (χ0) is 26.8. The molecule has 2 aliphatic rings. The standard InChI is InChI=1S/C28H36N4O6/c1-17-11-20(14-31(3)27(17)34)26-30-23-12-19(6-7-24(23)32(26)15-21-5-4-9-37-21)13-29-25(18(2)33)28(35)38-22-8-10-36-16-22/h6-7,11-12,14,18,21-22,25,29,33H,4-5,8-10,13,15-16H2,1-3H3/t18?,21-,22?,25?/m0/s1. The molecule has 0 spiro atoms. The van der Waals surface area contributed by atoms with Crippen LogP contribution in [-0.2, 0) is 39.1 Å². The van der Waals surface area contributed by atoms with Gasteiger partial charge in [0, 0.05) is 43.9 Å². The van der Waals surface area contributed by atoms with Gasteiger partial charge in [0.05, 0.1) is 43.0 Å². The Morgan fingerprint density at radius 3 is 2.82 bits per heavy atom. The number of aliphatic hydroxyl groups excluding tert-OH is 1. The molecule has 0 amide bonds. The third-order valence-corrected chi connectivity index (χ3v) is 7.28. The molecule has 204 valence electrons. The Balaban J connectivity index is 1.41. The smallest absolute Gasteiger partial charge is 0.326 e. The molecular weight excluding hydrogens is 488 g/mol. The number of benzene rings is 1. The second kappa shape index (κ2) is 11.4. The van der Waals surface area contributed by atoms with E-state index in [0.717, 1.165) is 47.4 Å². The van der Waals surface area contributed by atoms with Crippen LogP contribution in [0.15, 0.2) is 35.3 Å². The van der Waals surface area contributed by atoms with Crippen LogP contribution in [0.25, 0.3) is 22.4 Å². The molecular formula is C28H36N4O6. The van der Waals surface area contributed by atoms with Crippen molar-refractivity contribution in [2.75, 3.05) is 19.8 Å². The number of hydrogen-bond acceptors (Lipinski definition) is 8. The number of fused-ring (bicyclic) bond motifs is 1. The van der Waals surface area contributed by atoms with Gasteiger partial charge in [0.2, 0.25) is 0 Å². The normalized spacial score (nSPS) is 21.2. The number of imidazole rings is 1. The third-order valence-electron chi connectivity index (χ3n) is 7.28. The lowest BCUT2D eigenvalue weighted by molar-refractivity contribution is -0.154. The summed E-state index contributed by atoms with van der Waals surface area (Å²) in [6.45, 7) is 6.14. The molecule has 2 aliphatic heterocycles. The molecule has 4 heterocycles. The van der Waals surface area contributed by atoms with E-state index in [2.05, 4.69) is 9.88 Å². The third kappa shape index (κ3) is 5.68. The van der Waals surface area contributed by atoms with Crippen molar-refractivity contribution in [1.82, 2.24) is 19.4 Å². The van der Waals surface area contributed by atoms with E-state index in [4.69, 9.17) is 19.2 Å². The number of nitrogens with zero attached hydrogens (tertiary/aromatic N) is 3. The van der Waals surface area contributed by atoms with Crippen molar-refractivity contribution >= 4 is 17.0 Å². The second-order valence-corrected chi connectivity index (χ2v) is 10.4. The van der Waals surface area contributed by atoms with Crippen LogP contribution < -0.4 is 10.9 Å². The molecule has 2 N–H and O–H groups in total. The molecule has 0 radical (unpaired) electrons. The molecule has 5 rings (SSSR count). The molecule has 10 nitrogen and oxygen atoms in total. The Kier molecular flexibility index (Phi) is 7.94. The van der Waals surface area contributed by atoms with E-state index >= 15 is 0 Å². The molecule has 2 fully saturated rings. The first-order valence-electron chi connectivity index (χ1n) is 13.3. The lowest BCUT2D eigenvalue weighted by atomic mass is 10.1. The van der Waals surface area contributed by atoms with Gasteiger partial charge in [-0.3, -0.25) is 14.9 Å². The Labute approximate surface area is 221 Å². The fourth-order valence-corrected chi connectivity index (χ4v) is 5.20. The van der Waals surface area contributed by atoms with Crippen LogP contribution in [0.5, 0.6) is 0 Å². The summed E-state index contributed by atoms with van der Waals surface area (Å²) in [6, 6.07) is 7.04. The first-order valence-corrected chi connectivity index (χ1v) is 13.3. The Morgan fingerprint density at radius 2 is 2.13 bits per heavy atom. The monoisotopic (exact) mass is 524 g/mol. The summed E-state index contributed by atoms with van der Waals surface area (Å²) in [5.74, 6) is 0.299. The molecule has 2 saturated heterocycles. The molecule has 0 aliphatic carbocycles. The SMILES string of the molecule is Cc1cc(-c2nc3cc(CNC(C(=O)OC4CCOC4)C(C)O)ccc3n2C[C@@H]2CCCO2)cn(C)c1=O. The number of aliphatic hydroxyl groups is 1. The first-order chi connectivity index (χ1) is 18.3. The molecule has 0 bridgehead atoms. The number of aromatic nitrogens is 3. The zero-order valence-corrected chi connectivity index (χ0v) is 22.2. The van der Waals surface area contributed by atoms with Crippen molar-refractivity contribution in [2.24, 2.45) is 7.05 Å². The van der Waals surface area contributed by atoms with Crippen molar-refractivity contribution in [2.45, 2.75) is 70.6 Å². The summed E-state index contributed by atoms with van der Waals surface area (Å²) in [6.07, 6.45) is 3.46. The fourth-order valence-electron chi connectivity index (χ4n) is 5.20. The van der Waals surface area contributed by atoms with Gasteiger partial charge in [-0.2, -0.15) is 0 Å². The van der Waals surface area contributed by atoms with Gasteiger partial charge in [0.25, 0.3) is 5.56 Å². The largest absolute Gasteiger partial charge is 0.459 e. The average molecular weight is 525 g/mol. The minimum absolute atomic E-state index is 0.0319. The first kappa shape index (κ1) is 26.6. The topological polar surface area (TPSA) is 117 Å². The average Bonchev–Trinajstić information content (AvgIpc) is 3.65. The highest BCUT2D eigenvalue weighted by Gasteiger charge is 2.29. The van der Waals surface area contributed by atoms with Crippen molar-refractivity contribution < 1.29 is 24.1 Å². The van der Waals surface area contributed by atoms with Crippen LogP contribution >= 0.6 is 0 Å². The Bertz CT molecular complexity index is 1330. The van der Waals surface area contributed by atoms with Crippen molar-refractivity contribution in [1.29, 1.82) is 0 Å². The van der Waals surface area contributed by atoms with Crippen LogP contribution in [0.1, 0.15) is 37.3 Å². The highest BCUT2D eigenvalue weighted by molar-refractivity contribution is 5.81. The maximum Gasteiger partial charge on any atom is 0.326 e. The molecule has 38 heavy (non-hydrogen) atoms. The lowest BCUT2D eigenvalue weighted by Crippen LogP contribution is -2.46. The van der Waals surface area contributed by atoms with E-state index in [0.29, 0.717) is 38.3 Å². The van der Waals surface area contributed by atoms with Gasteiger partial charge in [-0.25, -0.2) is 4.98 Å². The fraction of sp³-hybridized carbons (Fsp3) is 0.536. The molecule has 4 atom stereocenters. The summed E-state index contributed by atoms with van der Waals surface area (Å²) in [7, 11) is 1.75. The quantitative estimate of drug-likeness (QED) is 0.409. The van der Waals surface area contributed by atoms with Gasteiger partial charge < -0.3 is 28.5 Å². The van der Waals surface area contributed by atoms with Gasteiger partial charge in [0.15, 0.2) is 0 Å². The number of nitrogens with one attached hydrogen (secondary N) is 1. The highest BCUT2D eigenvalue weighted by Crippen LogP contribution is 2.28. The summed E-state index contributed by atoms with van der Waals surface area (Å²) in [5.41, 5.74) is 4.19. The van der Waals surface area contributed by atoms with Crippen molar-refractivity contribution in [3.8, 4) is 11.4 Å². The summed E-state index contributed by atoms with van der Waals surface area (Å²) in [5, 5.41) is 13.4. The highest BCUT2D eigenvalue weighted by atomic mass is 16.6. The number of carbonyl (C=O) groups excluding carboxylic acids is 1. The predicted octanol–water partition coefficient (Wildman–Crippen LogP) is 2.06. The van der Waals surface area contributed by atoms with Crippen molar-refractivity contribution in [3.05, 3.63) is 51.9 Å². The van der Waals surface area contributed by atoms with E-state index in [-0.39, 0.29) is 17.8 Å². The van der Waals surface area contributed by atoms with Gasteiger partial charge in [-0.1, -0.05) is 6.07 Å². The van der Waals surface area contributed by atoms with Crippen LogP contribution in [0.2, 0.25) is 0 Å². The predicted molar refractivity (Wildman–Crippen MR) is 142 cm³/mol. The number of aryl methyl sites for hydroxylation is 2. The number of ether oxygens (including phenoxy) is 3. The van der Waals surface area contributed by atoms with Gasteiger partial charge in [-0.15, -0.1) is 0 Å². The number of esters is 1. The molecule has 1 aromatic carbocycles. The lowest BCUT2D eigenvalue weighted by Gasteiger charge is -2.22. The molecule has 2 aromatic heterocycles. The van der Waals surface area contributed by atoms with Crippen LogP contribution in [-0.4, -0.2) is 69.4 Å². The maximum absolute atomic E-state index is 12.7. The number of carbonyl (C=O) groups is 1. The summed E-state index contributed by atoms with van der Waals surface area (Å²) < 4.78 is 20.5. The molecule has 10 heteroatoms. The van der Waals surface area contributed by atoms with E-state index in [1.807, 2.05) is 37.4 Å². The second-order valence-electron chi connectivity index (χ2n) is 10.4. The molecule has 3 unspecified atom stereocenters. The van der Waals surface area contributed by atoms with E-state index in [1.165, 1.54) is 0 Å². The molecule has 0 saturated carbocycles. The van der Waals surface area contributed by atoms with Crippen molar-refractivity contribution in [3.63, 3.8) is 0 Å². The van der Waals surface area contributed by atoms with Crippen LogP contribution in [0.3, 0.4) is 0 Å². The van der Waals surface area contributed by atoms with Gasteiger partial charge in [-0.05, 0) is 50.5 Å². The number of pyridine rings is 1. The van der Waals surface area contributed by atoms with Crippen LogP contribution in [0.4, 0.5) is 0 Å². The maximum atomic E-state index is 12.7. The molecule has 3 aromatic rings. The van der Waals surface area contributed by atoms with E-state index < -0.39 is 18.1 Å². The number of rotatable bonds is 9. The minimum Gasteiger partial charge on any atom is -0.459 e. The Hall–Kier alpha value is -3.05.